The number of benzene rings is 8. The SMILES string of the molecule is C1=CC2C=CC(n3c4ccccc4c4cc(N(c5ccc6c(c5)C(=C5c7ccccc7-c7ccccc75)c5ccccc5-6)c5cccc6ccccc56)ccc43)=CC2C=C1. The van der Waals surface area contributed by atoms with E-state index in [1.807, 2.05) is 0 Å². The zero-order valence-electron chi connectivity index (χ0n) is 32.8. The lowest BCUT2D eigenvalue weighted by atomic mass is 9.84. The second-order valence-electron chi connectivity index (χ2n) is 16.4. The molecule has 4 aliphatic carbocycles. The second-order valence-corrected chi connectivity index (χ2v) is 16.4. The molecule has 0 aliphatic heterocycles. The summed E-state index contributed by atoms with van der Waals surface area (Å²) in [5.41, 5.74) is 19.9. The summed E-state index contributed by atoms with van der Waals surface area (Å²) in [5.74, 6) is 0.756. The Labute approximate surface area is 349 Å². The van der Waals surface area contributed by atoms with Crippen LogP contribution in [-0.2, 0) is 0 Å². The van der Waals surface area contributed by atoms with Gasteiger partial charge in [-0.15, -0.1) is 0 Å². The van der Waals surface area contributed by atoms with Crippen LogP contribution in [0.15, 0.2) is 218 Å². The molecule has 1 heterocycles. The summed E-state index contributed by atoms with van der Waals surface area (Å²) in [6.07, 6.45) is 16.1. The van der Waals surface area contributed by atoms with Crippen LogP contribution >= 0.6 is 0 Å². The number of nitrogens with zero attached hydrogens (tertiary/aromatic N) is 2. The molecule has 2 nitrogen and oxygen atoms in total. The molecule has 2 unspecified atom stereocenters. The highest BCUT2D eigenvalue weighted by Crippen LogP contribution is 2.55. The maximum absolute atomic E-state index is 2.49. The maximum Gasteiger partial charge on any atom is 0.0542 e. The van der Waals surface area contributed by atoms with E-state index >= 15 is 0 Å². The number of allylic oxidation sites excluding steroid dienone is 8. The number of rotatable bonds is 4. The average molecular weight is 763 g/mol. The molecular weight excluding hydrogens is 725 g/mol. The molecule has 60 heavy (non-hydrogen) atoms. The Hall–Kier alpha value is -7.68. The van der Waals surface area contributed by atoms with E-state index in [0.717, 1.165) is 17.1 Å². The Kier molecular flexibility index (Phi) is 7.17. The molecule has 2 heteroatoms. The van der Waals surface area contributed by atoms with Crippen LogP contribution in [-0.4, -0.2) is 4.57 Å². The molecule has 2 atom stereocenters. The number of para-hydroxylation sites is 1. The van der Waals surface area contributed by atoms with Crippen LogP contribution in [0.3, 0.4) is 0 Å². The summed E-state index contributed by atoms with van der Waals surface area (Å²) in [5, 5.41) is 4.91. The Morgan fingerprint density at radius 2 is 0.933 bits per heavy atom. The van der Waals surface area contributed by atoms with E-state index in [1.54, 1.807) is 0 Å². The van der Waals surface area contributed by atoms with Crippen molar-refractivity contribution in [2.24, 2.45) is 11.8 Å². The van der Waals surface area contributed by atoms with Gasteiger partial charge in [-0.2, -0.15) is 0 Å². The van der Waals surface area contributed by atoms with Crippen LogP contribution in [0, 0.1) is 11.8 Å². The van der Waals surface area contributed by atoms with E-state index in [4.69, 9.17) is 0 Å². The Morgan fingerprint density at radius 1 is 0.383 bits per heavy atom. The van der Waals surface area contributed by atoms with Crippen LogP contribution in [0.1, 0.15) is 22.3 Å². The van der Waals surface area contributed by atoms with E-state index in [2.05, 4.69) is 228 Å². The highest BCUT2D eigenvalue weighted by molar-refractivity contribution is 6.19. The Morgan fingerprint density at radius 3 is 1.68 bits per heavy atom. The number of hydrogen-bond acceptors (Lipinski definition) is 1. The zero-order valence-corrected chi connectivity index (χ0v) is 32.8. The molecule has 1 aromatic heterocycles. The van der Waals surface area contributed by atoms with Gasteiger partial charge in [-0.1, -0.05) is 170 Å². The standard InChI is InChI=1S/C58H38N2/c1-2-16-39-34-40(29-28-37(39)14-1)60-55-26-12-11-22-48(55)52-35-42(31-33-56(52)60)59(54-27-13-17-38-15-3-4-18-43(38)54)41-30-32-47-46-21-7-10-25-51(46)58(53(47)36-41)57-49-23-8-5-19-44(49)45-20-6-9-24-50(45)57/h1-37,39H. The summed E-state index contributed by atoms with van der Waals surface area (Å²) in [4.78, 5) is 2.49. The van der Waals surface area contributed by atoms with Gasteiger partial charge in [0.25, 0.3) is 0 Å². The Bertz CT molecular complexity index is 3400. The van der Waals surface area contributed by atoms with Gasteiger partial charge in [-0.3, -0.25) is 0 Å². The molecule has 9 aromatic rings. The van der Waals surface area contributed by atoms with Gasteiger partial charge in [-0.05, 0) is 110 Å². The number of aromatic nitrogens is 1. The molecule has 4 aliphatic rings. The lowest BCUT2D eigenvalue weighted by Crippen LogP contribution is -2.13. The molecule has 0 bridgehead atoms. The van der Waals surface area contributed by atoms with Crippen LogP contribution in [0.5, 0.6) is 0 Å². The normalized spacial score (nSPS) is 16.8. The molecule has 0 spiro atoms. The first-order chi connectivity index (χ1) is 29.8. The maximum atomic E-state index is 2.49. The fourth-order valence-electron chi connectivity index (χ4n) is 10.6. The van der Waals surface area contributed by atoms with Gasteiger partial charge in [0, 0.05) is 45.1 Å². The predicted molar refractivity (Wildman–Crippen MR) is 253 cm³/mol. The van der Waals surface area contributed by atoms with Crippen LogP contribution in [0.4, 0.5) is 17.1 Å². The van der Waals surface area contributed by atoms with Gasteiger partial charge in [-0.25, -0.2) is 0 Å². The van der Waals surface area contributed by atoms with Crippen molar-refractivity contribution < 1.29 is 0 Å². The molecular formula is C58H38N2. The van der Waals surface area contributed by atoms with E-state index in [0.29, 0.717) is 11.8 Å². The fourth-order valence-corrected chi connectivity index (χ4v) is 10.6. The molecule has 0 N–H and O–H groups in total. The quantitative estimate of drug-likeness (QED) is 0.173. The zero-order chi connectivity index (χ0) is 39.3. The third-order valence-electron chi connectivity index (χ3n) is 13.2. The lowest BCUT2D eigenvalue weighted by Gasteiger charge is -2.28. The van der Waals surface area contributed by atoms with Crippen LogP contribution < -0.4 is 4.90 Å². The van der Waals surface area contributed by atoms with Gasteiger partial charge in [0.05, 0.1) is 16.7 Å². The number of hydrogen-bond donors (Lipinski definition) is 0. The first-order valence-corrected chi connectivity index (χ1v) is 21.0. The number of fused-ring (bicyclic) bond motifs is 11. The van der Waals surface area contributed by atoms with E-state index in [1.165, 1.54) is 93.9 Å². The molecule has 280 valence electrons. The molecule has 0 amide bonds. The first-order valence-electron chi connectivity index (χ1n) is 21.0. The molecule has 0 fully saturated rings. The van der Waals surface area contributed by atoms with Gasteiger partial charge < -0.3 is 9.47 Å². The third kappa shape index (κ3) is 4.82. The minimum absolute atomic E-state index is 0.351. The highest BCUT2D eigenvalue weighted by atomic mass is 15.1. The summed E-state index contributed by atoms with van der Waals surface area (Å²) in [6, 6.07) is 65.4. The number of anilines is 3. The first kappa shape index (κ1) is 33.3. The van der Waals surface area contributed by atoms with Crippen molar-refractivity contribution in [3.8, 4) is 22.3 Å². The van der Waals surface area contributed by atoms with Crippen molar-refractivity contribution in [3.63, 3.8) is 0 Å². The molecule has 0 radical (unpaired) electrons. The second kappa shape index (κ2) is 12.9. The third-order valence-corrected chi connectivity index (χ3v) is 13.2. The minimum atomic E-state index is 0.351. The summed E-state index contributed by atoms with van der Waals surface area (Å²) in [7, 11) is 0. The lowest BCUT2D eigenvalue weighted by molar-refractivity contribution is 0.659. The van der Waals surface area contributed by atoms with Crippen molar-refractivity contribution in [2.45, 2.75) is 0 Å². The Balaban J connectivity index is 1.06. The van der Waals surface area contributed by atoms with Crippen molar-refractivity contribution >= 4 is 66.5 Å². The molecule has 0 saturated carbocycles. The van der Waals surface area contributed by atoms with Gasteiger partial charge in [0.1, 0.15) is 0 Å². The highest BCUT2D eigenvalue weighted by Gasteiger charge is 2.33. The largest absolute Gasteiger partial charge is 0.310 e. The minimum Gasteiger partial charge on any atom is -0.310 e. The topological polar surface area (TPSA) is 8.17 Å². The molecule has 0 saturated heterocycles. The summed E-state index contributed by atoms with van der Waals surface area (Å²) in [6.45, 7) is 0. The van der Waals surface area contributed by atoms with E-state index < -0.39 is 0 Å². The van der Waals surface area contributed by atoms with Crippen LogP contribution in [0.25, 0.3) is 71.7 Å². The van der Waals surface area contributed by atoms with E-state index in [9.17, 15) is 0 Å². The summed E-state index contributed by atoms with van der Waals surface area (Å²) >= 11 is 0. The summed E-state index contributed by atoms with van der Waals surface area (Å²) < 4.78 is 2.46. The predicted octanol–water partition coefficient (Wildman–Crippen LogP) is 15.2. The molecule has 13 rings (SSSR count). The van der Waals surface area contributed by atoms with Crippen molar-refractivity contribution in [1.29, 1.82) is 0 Å². The van der Waals surface area contributed by atoms with Gasteiger partial charge in [0.15, 0.2) is 0 Å². The smallest absolute Gasteiger partial charge is 0.0542 e. The van der Waals surface area contributed by atoms with Gasteiger partial charge in [0.2, 0.25) is 0 Å². The van der Waals surface area contributed by atoms with Crippen molar-refractivity contribution in [3.05, 3.63) is 241 Å². The average Bonchev–Trinajstić information content (AvgIpc) is 3.94. The monoisotopic (exact) mass is 762 g/mol. The van der Waals surface area contributed by atoms with Crippen LogP contribution in [0.2, 0.25) is 0 Å². The van der Waals surface area contributed by atoms with E-state index in [-0.39, 0.29) is 0 Å². The fraction of sp³-hybridized carbons (Fsp3) is 0.0345. The van der Waals surface area contributed by atoms with Crippen molar-refractivity contribution in [1.82, 2.24) is 4.57 Å². The molecule has 8 aromatic carbocycles. The van der Waals surface area contributed by atoms with Crippen molar-refractivity contribution in [2.75, 3.05) is 4.90 Å². The van der Waals surface area contributed by atoms with Gasteiger partial charge >= 0.3 is 0 Å².